The van der Waals surface area contributed by atoms with Crippen molar-refractivity contribution in [3.05, 3.63) is 39.0 Å². The molecular weight excluding hydrogens is 366 g/mol. The monoisotopic (exact) mass is 389 g/mol. The molecule has 0 spiro atoms. The van der Waals surface area contributed by atoms with Crippen LogP contribution in [0.4, 0.5) is 0 Å². The molecule has 0 saturated carbocycles. The van der Waals surface area contributed by atoms with E-state index >= 15 is 0 Å². The largest absolute Gasteiger partial charge is 0.337 e. The molecule has 0 unspecified atom stereocenters. The smallest absolute Gasteiger partial charge is 0.274 e. The van der Waals surface area contributed by atoms with Crippen molar-refractivity contribution in [3.8, 4) is 0 Å². The topological polar surface area (TPSA) is 62.5 Å². The minimum atomic E-state index is 0.0611. The lowest BCUT2D eigenvalue weighted by molar-refractivity contribution is 0.0786. The van der Waals surface area contributed by atoms with E-state index in [-0.39, 0.29) is 5.91 Å². The van der Waals surface area contributed by atoms with Gasteiger partial charge >= 0.3 is 0 Å². The summed E-state index contributed by atoms with van der Waals surface area (Å²) in [6.45, 7) is 7.29. The lowest BCUT2D eigenvalue weighted by atomic mass is 10.2. The number of aromatic nitrogens is 3. The molecule has 138 valence electrons. The summed E-state index contributed by atoms with van der Waals surface area (Å²) in [7, 11) is 0. The molecule has 0 aromatic carbocycles. The number of nitrogens with one attached hydrogen (secondary N) is 1. The van der Waals surface area contributed by atoms with Gasteiger partial charge in [0.15, 0.2) is 10.7 Å². The van der Waals surface area contributed by atoms with Crippen molar-refractivity contribution in [2.75, 3.05) is 13.1 Å². The van der Waals surface area contributed by atoms with Crippen molar-refractivity contribution in [3.63, 3.8) is 0 Å². The fourth-order valence-electron chi connectivity index (χ4n) is 3.22. The predicted octanol–water partition coefficient (Wildman–Crippen LogP) is 3.50. The highest BCUT2D eigenvalue weighted by atomic mass is 32.1. The van der Waals surface area contributed by atoms with E-state index in [4.69, 9.17) is 0 Å². The Labute approximate surface area is 160 Å². The Morgan fingerprint density at radius 2 is 2.04 bits per heavy atom. The van der Waals surface area contributed by atoms with Crippen LogP contribution >= 0.6 is 22.7 Å². The highest BCUT2D eigenvalue weighted by Crippen LogP contribution is 2.22. The van der Waals surface area contributed by atoms with Crippen molar-refractivity contribution in [1.82, 2.24) is 24.6 Å². The molecule has 4 rings (SSSR count). The number of imidazole rings is 1. The number of hydrogen-bond donors (Lipinski definition) is 1. The van der Waals surface area contributed by atoms with Gasteiger partial charge in [-0.25, -0.2) is 9.97 Å². The number of nitrogens with zero attached hydrogens (tertiary/aromatic N) is 4. The van der Waals surface area contributed by atoms with Crippen LogP contribution in [0.25, 0.3) is 4.96 Å². The summed E-state index contributed by atoms with van der Waals surface area (Å²) in [5, 5.41) is 8.72. The molecule has 1 N–H and O–H groups in total. The molecule has 1 aliphatic rings. The second-order valence-corrected chi connectivity index (χ2v) is 8.66. The lowest BCUT2D eigenvalue weighted by Gasteiger charge is -2.14. The van der Waals surface area contributed by atoms with Gasteiger partial charge in [-0.3, -0.25) is 9.20 Å². The third-order valence-corrected chi connectivity index (χ3v) is 6.57. The zero-order valence-corrected chi connectivity index (χ0v) is 16.7. The molecule has 4 heterocycles. The Morgan fingerprint density at radius 3 is 2.77 bits per heavy atom. The Hall–Kier alpha value is -1.77. The fraction of sp³-hybridized carbons (Fsp3) is 0.500. The average molecular weight is 390 g/mol. The van der Waals surface area contributed by atoms with Crippen LogP contribution in [0, 0.1) is 0 Å². The number of hydrogen-bond acceptors (Lipinski definition) is 6. The van der Waals surface area contributed by atoms with E-state index in [0.717, 1.165) is 47.3 Å². The molecule has 0 atom stereocenters. The SMILES string of the molecule is CC(C)c1nc(CNCc2c(C(=O)N3CCCC3)nc3sccn23)cs1. The molecule has 8 heteroatoms. The first kappa shape index (κ1) is 17.6. The first-order valence-electron chi connectivity index (χ1n) is 9.02. The van der Waals surface area contributed by atoms with Crippen LogP contribution in [0.1, 0.15) is 59.5 Å². The number of amides is 1. The van der Waals surface area contributed by atoms with Crippen LogP contribution in [-0.2, 0) is 13.1 Å². The second-order valence-electron chi connectivity index (χ2n) is 6.90. The van der Waals surface area contributed by atoms with Crippen molar-refractivity contribution >= 4 is 33.5 Å². The van der Waals surface area contributed by atoms with Gasteiger partial charge in [-0.2, -0.15) is 0 Å². The van der Waals surface area contributed by atoms with Gasteiger partial charge in [-0.1, -0.05) is 13.8 Å². The molecule has 1 amide bonds. The summed E-state index contributed by atoms with van der Waals surface area (Å²) in [6, 6.07) is 0. The van der Waals surface area contributed by atoms with E-state index < -0.39 is 0 Å². The molecule has 6 nitrogen and oxygen atoms in total. The molecule has 1 fully saturated rings. The zero-order valence-electron chi connectivity index (χ0n) is 15.1. The van der Waals surface area contributed by atoms with Gasteiger partial charge in [0.05, 0.1) is 16.4 Å². The number of fused-ring (bicyclic) bond motifs is 1. The molecule has 0 bridgehead atoms. The zero-order chi connectivity index (χ0) is 18.1. The van der Waals surface area contributed by atoms with Crippen LogP contribution < -0.4 is 5.32 Å². The standard InChI is InChI=1S/C18H23N5OS2/c1-12(2)16-20-13(11-26-16)9-19-10-14-15(17(24)22-5-3-4-6-22)21-18-23(14)7-8-25-18/h7-8,11-12,19H,3-6,9-10H2,1-2H3. The Kier molecular flexibility index (Phi) is 5.06. The summed E-state index contributed by atoms with van der Waals surface area (Å²) in [6.07, 6.45) is 4.16. The van der Waals surface area contributed by atoms with Gasteiger partial charge in [0.25, 0.3) is 5.91 Å². The van der Waals surface area contributed by atoms with Crippen molar-refractivity contribution in [1.29, 1.82) is 0 Å². The quantitative estimate of drug-likeness (QED) is 0.701. The number of thiazole rings is 2. The maximum Gasteiger partial charge on any atom is 0.274 e. The fourth-order valence-corrected chi connectivity index (χ4v) is 4.79. The molecule has 3 aromatic rings. The highest BCUT2D eigenvalue weighted by molar-refractivity contribution is 7.15. The summed E-state index contributed by atoms with van der Waals surface area (Å²) in [4.78, 5) is 24.9. The molecule has 3 aromatic heterocycles. The van der Waals surface area contributed by atoms with E-state index in [2.05, 4.69) is 34.5 Å². The normalized spacial score (nSPS) is 14.8. The lowest BCUT2D eigenvalue weighted by Crippen LogP contribution is -2.29. The maximum atomic E-state index is 12.9. The van der Waals surface area contributed by atoms with Crippen LogP contribution in [-0.4, -0.2) is 38.3 Å². The summed E-state index contributed by atoms with van der Waals surface area (Å²) in [5.41, 5.74) is 2.59. The molecular formula is C18H23N5OS2. The third-order valence-electron chi connectivity index (χ3n) is 4.62. The maximum absolute atomic E-state index is 12.9. The minimum absolute atomic E-state index is 0.0611. The first-order valence-corrected chi connectivity index (χ1v) is 10.8. The van der Waals surface area contributed by atoms with E-state index in [1.807, 2.05) is 20.9 Å². The molecule has 26 heavy (non-hydrogen) atoms. The van der Waals surface area contributed by atoms with E-state index in [0.29, 0.717) is 24.7 Å². The van der Waals surface area contributed by atoms with Crippen molar-refractivity contribution in [2.24, 2.45) is 0 Å². The predicted molar refractivity (Wildman–Crippen MR) is 105 cm³/mol. The van der Waals surface area contributed by atoms with Crippen LogP contribution in [0.5, 0.6) is 0 Å². The first-order chi connectivity index (χ1) is 12.6. The van der Waals surface area contributed by atoms with Crippen LogP contribution in [0.2, 0.25) is 0 Å². The number of carbonyl (C=O) groups excluding carboxylic acids is 1. The highest BCUT2D eigenvalue weighted by Gasteiger charge is 2.26. The van der Waals surface area contributed by atoms with Gasteiger partial charge in [0, 0.05) is 49.1 Å². The minimum Gasteiger partial charge on any atom is -0.337 e. The second kappa shape index (κ2) is 7.46. The van der Waals surface area contributed by atoms with E-state index in [1.165, 1.54) is 0 Å². The molecule has 0 aliphatic carbocycles. The summed E-state index contributed by atoms with van der Waals surface area (Å²) in [5.74, 6) is 0.518. The third kappa shape index (κ3) is 3.41. The Balaban J connectivity index is 1.50. The van der Waals surface area contributed by atoms with Gasteiger partial charge in [-0.05, 0) is 12.8 Å². The summed E-state index contributed by atoms with van der Waals surface area (Å²) < 4.78 is 2.03. The van der Waals surface area contributed by atoms with Gasteiger partial charge in [0.2, 0.25) is 0 Å². The average Bonchev–Trinajstić information content (AvgIpc) is 3.39. The van der Waals surface area contributed by atoms with Crippen LogP contribution in [0.3, 0.4) is 0 Å². The van der Waals surface area contributed by atoms with Crippen molar-refractivity contribution in [2.45, 2.75) is 45.7 Å². The molecule has 1 saturated heterocycles. The van der Waals surface area contributed by atoms with Crippen LogP contribution in [0.15, 0.2) is 17.0 Å². The van der Waals surface area contributed by atoms with E-state index in [1.54, 1.807) is 22.7 Å². The summed E-state index contributed by atoms with van der Waals surface area (Å²) >= 11 is 3.27. The van der Waals surface area contributed by atoms with Crippen molar-refractivity contribution < 1.29 is 4.79 Å². The Bertz CT molecular complexity index is 904. The number of carbonyl (C=O) groups is 1. The van der Waals surface area contributed by atoms with E-state index in [9.17, 15) is 4.79 Å². The Morgan fingerprint density at radius 1 is 1.23 bits per heavy atom. The van der Waals surface area contributed by atoms with Gasteiger partial charge in [0.1, 0.15) is 0 Å². The number of rotatable bonds is 6. The number of likely N-dealkylation sites (tertiary alicyclic amines) is 1. The van der Waals surface area contributed by atoms with Gasteiger partial charge < -0.3 is 10.2 Å². The molecule has 1 aliphatic heterocycles. The van der Waals surface area contributed by atoms with Gasteiger partial charge in [-0.15, -0.1) is 22.7 Å². The molecule has 0 radical (unpaired) electrons.